The minimum Gasteiger partial charge on any atom is -0.355 e. The zero-order chi connectivity index (χ0) is 19.8. The topological polar surface area (TPSA) is 100 Å². The first-order valence-corrected chi connectivity index (χ1v) is 9.01. The smallest absolute Gasteiger partial charge is 0.235 e. The second kappa shape index (κ2) is 6.72. The molecule has 5 rings (SSSR count). The number of fused-ring (bicyclic) bond motifs is 8. The highest BCUT2D eigenvalue weighted by atomic mass is 16.6. The van der Waals surface area contributed by atoms with Gasteiger partial charge in [0.2, 0.25) is 6.20 Å². The molecule has 140 valence electrons. The lowest BCUT2D eigenvalue weighted by Gasteiger charge is -1.87. The number of hydrogen-bond donors (Lipinski definition) is 2. The minimum absolute atomic E-state index is 0.475. The monoisotopic (exact) mass is 381 g/mol. The van der Waals surface area contributed by atoms with E-state index < -0.39 is 4.92 Å². The molecule has 2 aliphatic rings. The van der Waals surface area contributed by atoms with Gasteiger partial charge in [0.15, 0.2) is 0 Å². The van der Waals surface area contributed by atoms with Gasteiger partial charge in [-0.05, 0) is 66.8 Å². The Morgan fingerprint density at radius 2 is 1.38 bits per heavy atom. The highest BCUT2D eigenvalue weighted by Gasteiger charge is 2.04. The maximum absolute atomic E-state index is 10.8. The van der Waals surface area contributed by atoms with E-state index in [1.54, 1.807) is 0 Å². The molecule has 2 aliphatic heterocycles. The number of aromatic amines is 2. The molecule has 29 heavy (non-hydrogen) atoms. The maximum Gasteiger partial charge on any atom is 0.235 e. The average Bonchev–Trinajstić information content (AvgIpc) is 3.45. The van der Waals surface area contributed by atoms with Crippen LogP contribution in [0.25, 0.3) is 52.4 Å². The van der Waals surface area contributed by atoms with E-state index >= 15 is 0 Å². The van der Waals surface area contributed by atoms with Gasteiger partial charge in [-0.1, -0.05) is 0 Å². The number of H-pyrrole nitrogens is 2. The molecule has 5 heterocycles. The van der Waals surface area contributed by atoms with Gasteiger partial charge in [0, 0.05) is 33.7 Å². The lowest BCUT2D eigenvalue weighted by Crippen LogP contribution is -1.81. The summed E-state index contributed by atoms with van der Waals surface area (Å²) in [6, 6.07) is 13.5. The standard InChI is InChI=1S/C22H15N5O2/c28-27(29)8-7-14-9-21-12-19-4-3-17(24-19)10-15-1-2-16(23-15)11-18-5-6-20(25-18)13-22(14)26-21/h1-13,24,26H. The van der Waals surface area contributed by atoms with E-state index in [1.165, 1.54) is 6.08 Å². The quantitative estimate of drug-likeness (QED) is 0.335. The Morgan fingerprint density at radius 1 is 0.759 bits per heavy atom. The van der Waals surface area contributed by atoms with Crippen molar-refractivity contribution in [1.29, 1.82) is 0 Å². The predicted molar refractivity (Wildman–Crippen MR) is 115 cm³/mol. The summed E-state index contributed by atoms with van der Waals surface area (Å²) in [5.41, 5.74) is 7.40. The average molecular weight is 381 g/mol. The van der Waals surface area contributed by atoms with Crippen LogP contribution in [0, 0.1) is 10.1 Å². The number of nitrogens with one attached hydrogen (secondary N) is 2. The molecule has 3 aromatic heterocycles. The van der Waals surface area contributed by atoms with Gasteiger partial charge in [0.1, 0.15) is 0 Å². The lowest BCUT2D eigenvalue weighted by atomic mass is 10.2. The summed E-state index contributed by atoms with van der Waals surface area (Å²) in [6.07, 6.45) is 10.2. The van der Waals surface area contributed by atoms with Gasteiger partial charge >= 0.3 is 0 Å². The first-order valence-electron chi connectivity index (χ1n) is 9.01. The van der Waals surface area contributed by atoms with Gasteiger partial charge in [0.25, 0.3) is 0 Å². The third-order valence-electron chi connectivity index (χ3n) is 4.58. The number of rotatable bonds is 2. The molecule has 3 aromatic rings. The molecule has 0 amide bonds. The first-order chi connectivity index (χ1) is 14.1. The molecule has 0 radical (unpaired) electrons. The molecule has 2 N–H and O–H groups in total. The molecule has 0 saturated carbocycles. The zero-order valence-electron chi connectivity index (χ0n) is 15.2. The van der Waals surface area contributed by atoms with Crippen LogP contribution in [-0.2, 0) is 0 Å². The van der Waals surface area contributed by atoms with E-state index in [-0.39, 0.29) is 0 Å². The van der Waals surface area contributed by atoms with Crippen molar-refractivity contribution >= 4 is 52.4 Å². The summed E-state index contributed by atoms with van der Waals surface area (Å²) < 4.78 is 0. The van der Waals surface area contributed by atoms with Crippen molar-refractivity contribution in [1.82, 2.24) is 19.9 Å². The molecule has 0 saturated heterocycles. The van der Waals surface area contributed by atoms with Crippen LogP contribution in [0.15, 0.2) is 48.7 Å². The molecule has 0 spiro atoms. The second-order valence-electron chi connectivity index (χ2n) is 6.73. The fourth-order valence-corrected chi connectivity index (χ4v) is 3.32. The van der Waals surface area contributed by atoms with E-state index in [0.29, 0.717) is 5.56 Å². The van der Waals surface area contributed by atoms with Crippen molar-refractivity contribution < 1.29 is 4.92 Å². The molecule has 0 unspecified atom stereocenters. The van der Waals surface area contributed by atoms with Crippen LogP contribution >= 0.6 is 0 Å². The molecular weight excluding hydrogens is 366 g/mol. The summed E-state index contributed by atoms with van der Waals surface area (Å²) >= 11 is 0. The minimum atomic E-state index is -0.475. The van der Waals surface area contributed by atoms with E-state index in [2.05, 4.69) is 19.9 Å². The van der Waals surface area contributed by atoms with Crippen LogP contribution in [0.5, 0.6) is 0 Å². The Labute approximate surface area is 164 Å². The molecule has 0 aromatic carbocycles. The number of hydrogen-bond acceptors (Lipinski definition) is 4. The van der Waals surface area contributed by atoms with Gasteiger partial charge in [-0.2, -0.15) is 0 Å². The largest absolute Gasteiger partial charge is 0.355 e. The highest BCUT2D eigenvalue weighted by Crippen LogP contribution is 2.20. The van der Waals surface area contributed by atoms with E-state index in [9.17, 15) is 10.1 Å². The molecule has 7 nitrogen and oxygen atoms in total. The van der Waals surface area contributed by atoms with Crippen molar-refractivity contribution in [3.8, 4) is 0 Å². The fourth-order valence-electron chi connectivity index (χ4n) is 3.32. The van der Waals surface area contributed by atoms with Crippen LogP contribution in [0.4, 0.5) is 0 Å². The Balaban J connectivity index is 1.82. The fraction of sp³-hybridized carbons (Fsp3) is 0. The molecule has 8 bridgehead atoms. The van der Waals surface area contributed by atoms with Crippen LogP contribution in [0.1, 0.15) is 28.3 Å². The Morgan fingerprint density at radius 3 is 2.07 bits per heavy atom. The van der Waals surface area contributed by atoms with Crippen LogP contribution < -0.4 is 0 Å². The Hall–Kier alpha value is -4.26. The van der Waals surface area contributed by atoms with Crippen molar-refractivity contribution in [2.24, 2.45) is 0 Å². The molecule has 0 aliphatic carbocycles. The molecular formula is C22H15N5O2. The van der Waals surface area contributed by atoms with Gasteiger partial charge in [-0.3, -0.25) is 10.1 Å². The van der Waals surface area contributed by atoms with Crippen molar-refractivity contribution in [2.45, 2.75) is 0 Å². The number of nitro groups is 1. The predicted octanol–water partition coefficient (Wildman–Crippen LogP) is 4.90. The second-order valence-corrected chi connectivity index (χ2v) is 6.73. The van der Waals surface area contributed by atoms with Crippen LogP contribution in [-0.4, -0.2) is 24.9 Å². The lowest BCUT2D eigenvalue weighted by molar-refractivity contribution is -0.400. The van der Waals surface area contributed by atoms with E-state index in [0.717, 1.165) is 51.0 Å². The molecule has 0 fully saturated rings. The van der Waals surface area contributed by atoms with Gasteiger partial charge in [-0.15, -0.1) is 0 Å². The summed E-state index contributed by atoms with van der Waals surface area (Å²) in [5.74, 6) is 0. The third kappa shape index (κ3) is 3.61. The van der Waals surface area contributed by atoms with Crippen molar-refractivity contribution in [2.75, 3.05) is 0 Å². The Kier molecular flexibility index (Phi) is 3.91. The normalized spacial score (nSPS) is 12.7. The van der Waals surface area contributed by atoms with Gasteiger partial charge < -0.3 is 9.97 Å². The summed E-state index contributed by atoms with van der Waals surface area (Å²) in [7, 11) is 0. The zero-order valence-corrected chi connectivity index (χ0v) is 15.2. The first kappa shape index (κ1) is 16.9. The SMILES string of the molecule is O=[N+]([O-])C=Cc1cc2cc3ccc(cc4nc(cc5nc(cc1[nH]2)C=C5)C=C4)[nH]3. The summed E-state index contributed by atoms with van der Waals surface area (Å²) in [4.78, 5) is 26.1. The molecule has 7 heteroatoms. The maximum atomic E-state index is 10.8. The van der Waals surface area contributed by atoms with Crippen LogP contribution in [0.2, 0.25) is 0 Å². The van der Waals surface area contributed by atoms with Crippen molar-refractivity contribution in [3.63, 3.8) is 0 Å². The van der Waals surface area contributed by atoms with Gasteiger partial charge in [-0.25, -0.2) is 9.97 Å². The molecule has 0 atom stereocenters. The van der Waals surface area contributed by atoms with Crippen LogP contribution in [0.3, 0.4) is 0 Å². The highest BCUT2D eigenvalue weighted by molar-refractivity contribution is 5.81. The number of aromatic nitrogens is 4. The van der Waals surface area contributed by atoms with E-state index in [4.69, 9.17) is 0 Å². The summed E-state index contributed by atoms with van der Waals surface area (Å²) in [6.45, 7) is 0. The number of nitrogens with zero attached hydrogens (tertiary/aromatic N) is 3. The third-order valence-corrected chi connectivity index (χ3v) is 4.58. The summed E-state index contributed by atoms with van der Waals surface area (Å²) in [5, 5.41) is 10.8. The van der Waals surface area contributed by atoms with E-state index in [1.807, 2.05) is 66.8 Å². The van der Waals surface area contributed by atoms with Gasteiger partial charge in [0.05, 0.1) is 27.7 Å². The van der Waals surface area contributed by atoms with Crippen molar-refractivity contribution in [3.05, 3.63) is 87.1 Å². The Bertz CT molecular complexity index is 1390.